The lowest BCUT2D eigenvalue weighted by Crippen LogP contribution is -2.31. The smallest absolute Gasteiger partial charge is 0.242 e. The Morgan fingerprint density at radius 1 is 0.930 bits per heavy atom. The number of ether oxygens (including phenoxy) is 1. The number of methoxy groups -OCH3 is 1. The number of H-pyrrole nitrogens is 1. The number of sulfonamides is 2. The highest BCUT2D eigenvalue weighted by atomic mass is 32.2. The van der Waals surface area contributed by atoms with Crippen LogP contribution in [0.3, 0.4) is 0 Å². The predicted molar refractivity (Wildman–Crippen MR) is 162 cm³/mol. The van der Waals surface area contributed by atoms with Crippen molar-refractivity contribution in [3.63, 3.8) is 0 Å². The number of rotatable bonds is 9. The fraction of sp³-hybridized carbons (Fsp3) is 0.161. The van der Waals surface area contributed by atoms with E-state index in [9.17, 15) is 21.6 Å². The average molecular weight is 617 g/mol. The van der Waals surface area contributed by atoms with E-state index in [-0.39, 0.29) is 17.7 Å². The summed E-state index contributed by atoms with van der Waals surface area (Å²) in [4.78, 5) is 19.7. The van der Waals surface area contributed by atoms with Gasteiger partial charge in [-0.15, -0.1) is 0 Å². The number of nitrogens with zero attached hydrogens (tertiary/aromatic N) is 1. The van der Waals surface area contributed by atoms with Crippen molar-refractivity contribution in [3.05, 3.63) is 114 Å². The molecule has 4 aromatic carbocycles. The number of imidazole rings is 1. The van der Waals surface area contributed by atoms with Crippen molar-refractivity contribution in [2.75, 3.05) is 7.11 Å². The molecule has 6 rings (SSSR count). The van der Waals surface area contributed by atoms with Gasteiger partial charge in [-0.25, -0.2) is 26.5 Å². The Bertz CT molecular complexity index is 1970. The number of carbonyl (C=O) groups is 1. The van der Waals surface area contributed by atoms with Crippen LogP contribution in [0.4, 0.5) is 0 Å². The van der Waals surface area contributed by atoms with Crippen molar-refractivity contribution in [1.29, 1.82) is 0 Å². The SMILES string of the molecule is COc1ccc(-c2ccc(S(=O)(=O)NC(Cc3ccc(C4CC(=O)NS4(=O)=O)cc3)c3nc4ccccc4[nH]3)cc2)cc1. The number of amides is 1. The summed E-state index contributed by atoms with van der Waals surface area (Å²) in [5.74, 6) is 0.636. The maximum absolute atomic E-state index is 13.6. The second kappa shape index (κ2) is 11.3. The van der Waals surface area contributed by atoms with E-state index >= 15 is 0 Å². The molecule has 1 aliphatic heterocycles. The molecule has 43 heavy (non-hydrogen) atoms. The van der Waals surface area contributed by atoms with Gasteiger partial charge in [0, 0.05) is 0 Å². The number of carbonyl (C=O) groups excluding carboxylic acids is 1. The predicted octanol–water partition coefficient (Wildman–Crippen LogP) is 4.39. The highest BCUT2D eigenvalue weighted by molar-refractivity contribution is 7.90. The first-order valence-electron chi connectivity index (χ1n) is 13.5. The van der Waals surface area contributed by atoms with Crippen LogP contribution in [0.1, 0.15) is 34.7 Å². The number of para-hydroxylation sites is 2. The van der Waals surface area contributed by atoms with E-state index in [2.05, 4.69) is 14.7 Å². The average Bonchev–Trinajstić information content (AvgIpc) is 3.56. The second-order valence-electron chi connectivity index (χ2n) is 10.3. The molecule has 0 saturated carbocycles. The number of aromatic nitrogens is 2. The lowest BCUT2D eigenvalue weighted by Gasteiger charge is -2.18. The highest BCUT2D eigenvalue weighted by Crippen LogP contribution is 2.31. The van der Waals surface area contributed by atoms with Crippen LogP contribution in [0.2, 0.25) is 0 Å². The molecule has 0 radical (unpaired) electrons. The minimum absolute atomic E-state index is 0.102. The Morgan fingerprint density at radius 2 is 1.58 bits per heavy atom. The van der Waals surface area contributed by atoms with Gasteiger partial charge in [-0.1, -0.05) is 60.7 Å². The van der Waals surface area contributed by atoms with Gasteiger partial charge in [0.25, 0.3) is 0 Å². The van der Waals surface area contributed by atoms with Crippen molar-refractivity contribution in [3.8, 4) is 16.9 Å². The molecular formula is C31H28N4O6S2. The van der Waals surface area contributed by atoms with Gasteiger partial charge in [0.05, 0.1) is 35.5 Å². The molecule has 3 N–H and O–H groups in total. The molecule has 1 saturated heterocycles. The molecule has 1 amide bonds. The Morgan fingerprint density at radius 3 is 2.19 bits per heavy atom. The summed E-state index contributed by atoms with van der Waals surface area (Å²) in [5, 5.41) is -0.959. The summed E-state index contributed by atoms with van der Waals surface area (Å²) in [6.45, 7) is 0. The zero-order valence-electron chi connectivity index (χ0n) is 23.0. The van der Waals surface area contributed by atoms with Gasteiger partial charge in [0.2, 0.25) is 26.0 Å². The zero-order chi connectivity index (χ0) is 30.2. The summed E-state index contributed by atoms with van der Waals surface area (Å²) < 4.78 is 61.9. The van der Waals surface area contributed by atoms with Crippen LogP contribution < -0.4 is 14.2 Å². The molecule has 0 bridgehead atoms. The molecule has 10 nitrogen and oxygen atoms in total. The van der Waals surface area contributed by atoms with Crippen LogP contribution in [-0.4, -0.2) is 39.8 Å². The third-order valence-corrected chi connectivity index (χ3v) is 10.6. The van der Waals surface area contributed by atoms with Crippen LogP contribution in [0, 0.1) is 0 Å². The van der Waals surface area contributed by atoms with Gasteiger partial charge in [0.15, 0.2) is 0 Å². The van der Waals surface area contributed by atoms with Gasteiger partial charge in [-0.2, -0.15) is 0 Å². The van der Waals surface area contributed by atoms with Crippen molar-refractivity contribution in [1.82, 2.24) is 19.4 Å². The molecule has 2 atom stereocenters. The molecule has 1 aromatic heterocycles. The molecule has 220 valence electrons. The minimum atomic E-state index is -3.97. The van der Waals surface area contributed by atoms with Crippen molar-refractivity contribution in [2.24, 2.45) is 0 Å². The number of hydrogen-bond donors (Lipinski definition) is 3. The van der Waals surface area contributed by atoms with Crippen LogP contribution in [0.15, 0.2) is 102 Å². The number of aromatic amines is 1. The highest BCUT2D eigenvalue weighted by Gasteiger charge is 2.37. The molecule has 0 aliphatic carbocycles. The molecule has 1 fully saturated rings. The molecule has 2 heterocycles. The molecule has 2 unspecified atom stereocenters. The van der Waals surface area contributed by atoms with Crippen molar-refractivity contribution < 1.29 is 26.4 Å². The first kappa shape index (κ1) is 28.6. The van der Waals surface area contributed by atoms with Crippen LogP contribution in [0.5, 0.6) is 5.75 Å². The molecule has 5 aromatic rings. The lowest BCUT2D eigenvalue weighted by molar-refractivity contribution is -0.118. The molecular weight excluding hydrogens is 588 g/mol. The fourth-order valence-electron chi connectivity index (χ4n) is 5.15. The summed E-state index contributed by atoms with van der Waals surface area (Å²) in [7, 11) is -6.15. The lowest BCUT2D eigenvalue weighted by atomic mass is 10.0. The van der Waals surface area contributed by atoms with Crippen LogP contribution >= 0.6 is 0 Å². The van der Waals surface area contributed by atoms with Crippen molar-refractivity contribution >= 4 is 37.0 Å². The maximum Gasteiger partial charge on any atom is 0.242 e. The minimum Gasteiger partial charge on any atom is -0.497 e. The van der Waals surface area contributed by atoms with Crippen LogP contribution in [0.25, 0.3) is 22.2 Å². The van der Waals surface area contributed by atoms with Gasteiger partial charge in [-0.05, 0) is 65.1 Å². The maximum atomic E-state index is 13.6. The number of fused-ring (bicyclic) bond motifs is 1. The van der Waals surface area contributed by atoms with E-state index in [1.165, 1.54) is 0 Å². The van der Waals surface area contributed by atoms with Crippen molar-refractivity contribution in [2.45, 2.75) is 29.0 Å². The van der Waals surface area contributed by atoms with E-state index < -0.39 is 37.2 Å². The second-order valence-corrected chi connectivity index (χ2v) is 13.9. The van der Waals surface area contributed by atoms with E-state index in [1.807, 2.05) is 53.3 Å². The van der Waals surface area contributed by atoms with Gasteiger partial charge < -0.3 is 9.72 Å². The van der Waals surface area contributed by atoms with Crippen LogP contribution in [-0.2, 0) is 31.3 Å². The number of nitrogens with one attached hydrogen (secondary N) is 3. The topological polar surface area (TPSA) is 147 Å². The normalized spacial score (nSPS) is 17.0. The zero-order valence-corrected chi connectivity index (χ0v) is 24.7. The monoisotopic (exact) mass is 616 g/mol. The quantitative estimate of drug-likeness (QED) is 0.223. The van der Waals surface area contributed by atoms with E-state index in [1.54, 1.807) is 55.6 Å². The largest absolute Gasteiger partial charge is 0.497 e. The summed E-state index contributed by atoms with van der Waals surface area (Å²) in [6.07, 6.45) is 0.0954. The standard InChI is InChI=1S/C31H28N4O6S2/c1-41-24-14-10-21(11-15-24)22-12-16-25(17-13-22)42(37,38)34-28(31-32-26-4-2-3-5-27(26)33-31)18-20-6-8-23(9-7-20)29-19-30(36)35-43(29,39)40/h2-17,28-29,34H,18-19H2,1H3,(H,32,33)(H,35,36). The fourth-order valence-corrected chi connectivity index (χ4v) is 7.78. The third-order valence-electron chi connectivity index (χ3n) is 7.42. The molecule has 1 aliphatic rings. The first-order chi connectivity index (χ1) is 20.6. The summed E-state index contributed by atoms with van der Waals surface area (Å²) in [5.41, 5.74) is 4.49. The molecule has 0 spiro atoms. The number of benzene rings is 4. The van der Waals surface area contributed by atoms with E-state index in [0.717, 1.165) is 28.0 Å². The Kier molecular flexibility index (Phi) is 7.50. The van der Waals surface area contributed by atoms with E-state index in [0.29, 0.717) is 16.9 Å². The van der Waals surface area contributed by atoms with Gasteiger partial charge in [0.1, 0.15) is 16.8 Å². The first-order valence-corrected chi connectivity index (χ1v) is 16.5. The summed E-state index contributed by atoms with van der Waals surface area (Å²) in [6, 6.07) is 27.5. The Hall–Kier alpha value is -4.52. The van der Waals surface area contributed by atoms with Gasteiger partial charge in [-0.3, -0.25) is 9.52 Å². The van der Waals surface area contributed by atoms with E-state index in [4.69, 9.17) is 4.74 Å². The van der Waals surface area contributed by atoms with Gasteiger partial charge >= 0.3 is 0 Å². The third kappa shape index (κ3) is 6.03. The number of hydrogen-bond acceptors (Lipinski definition) is 7. The Labute approximate surface area is 249 Å². The Balaban J connectivity index is 1.27. The molecule has 12 heteroatoms. The summed E-state index contributed by atoms with van der Waals surface area (Å²) >= 11 is 0.